The van der Waals surface area contributed by atoms with Crippen LogP contribution < -0.4 is 0 Å². The summed E-state index contributed by atoms with van der Waals surface area (Å²) < 4.78 is 4.91. The van der Waals surface area contributed by atoms with E-state index in [0.717, 1.165) is 18.9 Å². The number of ketones is 2. The SMILES string of the molecule is CCCCOC(=O)C(C)=CC(=O)CC(C)=O. The summed E-state index contributed by atoms with van der Waals surface area (Å²) in [5, 5.41) is 0. The smallest absolute Gasteiger partial charge is 0.333 e. The first-order valence-corrected chi connectivity index (χ1v) is 5.35. The van der Waals surface area contributed by atoms with Gasteiger partial charge in [-0.2, -0.15) is 0 Å². The number of rotatable bonds is 7. The standard InChI is InChI=1S/C12H18O4/c1-4-5-6-16-12(15)9(2)7-11(14)8-10(3)13/h7H,4-6,8H2,1-3H3. The van der Waals surface area contributed by atoms with E-state index in [0.29, 0.717) is 6.61 Å². The first-order chi connectivity index (χ1) is 7.47. The molecule has 0 fully saturated rings. The molecule has 0 atom stereocenters. The minimum absolute atomic E-state index is 0.167. The largest absolute Gasteiger partial charge is 0.462 e. The summed E-state index contributed by atoms with van der Waals surface area (Å²) in [6.45, 7) is 5.20. The number of hydrogen-bond acceptors (Lipinski definition) is 4. The third kappa shape index (κ3) is 6.92. The van der Waals surface area contributed by atoms with Crippen molar-refractivity contribution >= 4 is 17.5 Å². The fourth-order valence-corrected chi connectivity index (χ4v) is 1.02. The lowest BCUT2D eigenvalue weighted by molar-refractivity contribution is -0.139. The number of esters is 1. The minimum Gasteiger partial charge on any atom is -0.462 e. The van der Waals surface area contributed by atoms with Crippen LogP contribution >= 0.6 is 0 Å². The Kier molecular flexibility index (Phi) is 7.09. The maximum absolute atomic E-state index is 11.3. The summed E-state index contributed by atoms with van der Waals surface area (Å²) in [5.41, 5.74) is 0.238. The van der Waals surface area contributed by atoms with Gasteiger partial charge in [-0.05, 0) is 26.3 Å². The molecule has 0 aromatic carbocycles. The Morgan fingerprint density at radius 3 is 2.31 bits per heavy atom. The molecule has 0 saturated carbocycles. The molecule has 0 aromatic heterocycles. The molecule has 0 radical (unpaired) electrons. The maximum Gasteiger partial charge on any atom is 0.333 e. The molecular weight excluding hydrogens is 208 g/mol. The molecule has 90 valence electrons. The van der Waals surface area contributed by atoms with Crippen LogP contribution in [0, 0.1) is 0 Å². The molecule has 0 saturated heterocycles. The van der Waals surface area contributed by atoms with Crippen molar-refractivity contribution in [2.75, 3.05) is 6.61 Å². The molecule has 0 aromatic rings. The predicted octanol–water partition coefficient (Wildman–Crippen LogP) is 1.82. The number of unbranched alkanes of at least 4 members (excludes halogenated alkanes) is 1. The summed E-state index contributed by atoms with van der Waals surface area (Å²) in [7, 11) is 0. The van der Waals surface area contributed by atoms with Gasteiger partial charge >= 0.3 is 5.97 Å². The monoisotopic (exact) mass is 226 g/mol. The number of carbonyl (C=O) groups excluding carboxylic acids is 3. The van der Waals surface area contributed by atoms with Gasteiger partial charge < -0.3 is 4.74 Å². The van der Waals surface area contributed by atoms with E-state index >= 15 is 0 Å². The first kappa shape index (κ1) is 14.6. The Hall–Kier alpha value is -1.45. The quantitative estimate of drug-likeness (QED) is 0.287. The Balaban J connectivity index is 4.15. The van der Waals surface area contributed by atoms with Gasteiger partial charge in [0, 0.05) is 5.57 Å². The van der Waals surface area contributed by atoms with Crippen LogP contribution in [0.15, 0.2) is 11.6 Å². The van der Waals surface area contributed by atoms with Gasteiger partial charge in [0.2, 0.25) is 0 Å². The van der Waals surface area contributed by atoms with E-state index in [2.05, 4.69) is 0 Å². The van der Waals surface area contributed by atoms with Gasteiger partial charge in [-0.3, -0.25) is 9.59 Å². The van der Waals surface area contributed by atoms with Crippen molar-refractivity contribution in [3.8, 4) is 0 Å². The zero-order valence-corrected chi connectivity index (χ0v) is 10.0. The molecule has 0 heterocycles. The van der Waals surface area contributed by atoms with Crippen molar-refractivity contribution in [2.45, 2.75) is 40.0 Å². The van der Waals surface area contributed by atoms with E-state index < -0.39 is 5.97 Å². The highest BCUT2D eigenvalue weighted by Crippen LogP contribution is 2.00. The van der Waals surface area contributed by atoms with Crippen molar-refractivity contribution in [2.24, 2.45) is 0 Å². The third-order valence-corrected chi connectivity index (χ3v) is 1.85. The second kappa shape index (κ2) is 7.79. The van der Waals surface area contributed by atoms with Crippen LogP contribution in [0.5, 0.6) is 0 Å². The van der Waals surface area contributed by atoms with E-state index in [-0.39, 0.29) is 23.6 Å². The van der Waals surface area contributed by atoms with E-state index in [4.69, 9.17) is 4.74 Å². The molecule has 0 aliphatic carbocycles. The van der Waals surface area contributed by atoms with E-state index in [1.165, 1.54) is 13.8 Å². The molecule has 0 amide bonds. The van der Waals surface area contributed by atoms with Crippen LogP contribution in [0.1, 0.15) is 40.0 Å². The lowest BCUT2D eigenvalue weighted by Gasteiger charge is -2.03. The second-order valence-corrected chi connectivity index (χ2v) is 3.66. The zero-order valence-electron chi connectivity index (χ0n) is 10.0. The fraction of sp³-hybridized carbons (Fsp3) is 0.583. The number of Topliss-reactive ketones (excluding diaryl/α,β-unsaturated/α-hetero) is 1. The average molecular weight is 226 g/mol. The molecule has 0 aliphatic rings. The Morgan fingerprint density at radius 1 is 1.19 bits per heavy atom. The highest BCUT2D eigenvalue weighted by Gasteiger charge is 2.09. The number of carbonyl (C=O) groups is 3. The van der Waals surface area contributed by atoms with Crippen LogP contribution in [0.25, 0.3) is 0 Å². The highest BCUT2D eigenvalue weighted by molar-refractivity contribution is 6.06. The van der Waals surface area contributed by atoms with Gasteiger partial charge in [-0.15, -0.1) is 0 Å². The van der Waals surface area contributed by atoms with Gasteiger partial charge in [0.15, 0.2) is 5.78 Å². The van der Waals surface area contributed by atoms with Gasteiger partial charge in [0.05, 0.1) is 13.0 Å². The molecule has 0 spiro atoms. The summed E-state index contributed by atoms with van der Waals surface area (Å²) in [6.07, 6.45) is 2.75. The van der Waals surface area contributed by atoms with Crippen molar-refractivity contribution in [3.63, 3.8) is 0 Å². The molecule has 0 unspecified atom stereocenters. The van der Waals surface area contributed by atoms with E-state index in [9.17, 15) is 14.4 Å². The molecule has 4 nitrogen and oxygen atoms in total. The number of ether oxygens (including phenoxy) is 1. The minimum atomic E-state index is -0.495. The Morgan fingerprint density at radius 2 is 1.81 bits per heavy atom. The molecule has 0 aliphatic heterocycles. The fourth-order valence-electron chi connectivity index (χ4n) is 1.02. The Bertz CT molecular complexity index is 302. The maximum atomic E-state index is 11.3. The third-order valence-electron chi connectivity index (χ3n) is 1.85. The van der Waals surface area contributed by atoms with E-state index in [1.807, 2.05) is 6.92 Å². The van der Waals surface area contributed by atoms with Crippen LogP contribution in [-0.4, -0.2) is 24.1 Å². The zero-order chi connectivity index (χ0) is 12.6. The van der Waals surface area contributed by atoms with Crippen LogP contribution in [0.4, 0.5) is 0 Å². The average Bonchev–Trinajstić information content (AvgIpc) is 2.16. The molecule has 0 N–H and O–H groups in total. The number of hydrogen-bond donors (Lipinski definition) is 0. The second-order valence-electron chi connectivity index (χ2n) is 3.66. The van der Waals surface area contributed by atoms with E-state index in [1.54, 1.807) is 0 Å². The summed E-state index contributed by atoms with van der Waals surface area (Å²) >= 11 is 0. The summed E-state index contributed by atoms with van der Waals surface area (Å²) in [6, 6.07) is 0. The molecule has 0 bridgehead atoms. The molecule has 4 heteroatoms. The van der Waals surface area contributed by atoms with Crippen molar-refractivity contribution in [1.82, 2.24) is 0 Å². The van der Waals surface area contributed by atoms with Crippen molar-refractivity contribution in [3.05, 3.63) is 11.6 Å². The summed E-state index contributed by atoms with van der Waals surface area (Å²) in [4.78, 5) is 33.2. The van der Waals surface area contributed by atoms with Gasteiger partial charge in [0.1, 0.15) is 5.78 Å². The van der Waals surface area contributed by atoms with Gasteiger partial charge in [-0.1, -0.05) is 13.3 Å². The first-order valence-electron chi connectivity index (χ1n) is 5.35. The predicted molar refractivity (Wildman–Crippen MR) is 59.9 cm³/mol. The molecule has 16 heavy (non-hydrogen) atoms. The normalized spacial score (nSPS) is 11.1. The van der Waals surface area contributed by atoms with Crippen molar-refractivity contribution in [1.29, 1.82) is 0 Å². The molecular formula is C12H18O4. The van der Waals surface area contributed by atoms with Gasteiger partial charge in [-0.25, -0.2) is 4.79 Å². The molecule has 0 rings (SSSR count). The highest BCUT2D eigenvalue weighted by atomic mass is 16.5. The Labute approximate surface area is 95.7 Å². The number of allylic oxidation sites excluding steroid dienone is 1. The van der Waals surface area contributed by atoms with Crippen molar-refractivity contribution < 1.29 is 19.1 Å². The van der Waals surface area contributed by atoms with Crippen LogP contribution in [0.2, 0.25) is 0 Å². The van der Waals surface area contributed by atoms with Crippen LogP contribution in [-0.2, 0) is 19.1 Å². The summed E-state index contributed by atoms with van der Waals surface area (Å²) in [5.74, 6) is -1.07. The lowest BCUT2D eigenvalue weighted by Crippen LogP contribution is -2.09. The lowest BCUT2D eigenvalue weighted by atomic mass is 10.1. The van der Waals surface area contributed by atoms with Gasteiger partial charge in [0.25, 0.3) is 0 Å². The van der Waals surface area contributed by atoms with Crippen LogP contribution in [0.3, 0.4) is 0 Å². The topological polar surface area (TPSA) is 60.4 Å².